The smallest absolute Gasteiger partial charge is 0.257 e. The Bertz CT molecular complexity index is 686. The van der Waals surface area contributed by atoms with Crippen LogP contribution in [0.3, 0.4) is 0 Å². The van der Waals surface area contributed by atoms with Gasteiger partial charge in [-0.1, -0.05) is 24.3 Å². The zero-order valence-corrected chi connectivity index (χ0v) is 12.6. The highest BCUT2D eigenvalue weighted by Crippen LogP contribution is 2.08. The molecule has 0 atom stereocenters. The lowest BCUT2D eigenvalue weighted by atomic mass is 10.2. The Balaban J connectivity index is 0.000000204. The molecule has 0 radical (unpaired) electrons. The summed E-state index contributed by atoms with van der Waals surface area (Å²) in [4.78, 5) is -0.178. The second-order valence-corrected chi connectivity index (χ2v) is 5.69. The molecule has 0 saturated carbocycles. The van der Waals surface area contributed by atoms with E-state index in [1.807, 2.05) is 42.4 Å². The van der Waals surface area contributed by atoms with E-state index in [9.17, 15) is 13.0 Å². The van der Waals surface area contributed by atoms with Crippen LogP contribution in [0.5, 0.6) is 0 Å². The van der Waals surface area contributed by atoms with Gasteiger partial charge in [0.15, 0.2) is 0 Å². The summed E-state index contributed by atoms with van der Waals surface area (Å²) in [5.74, 6) is 1.19. The van der Waals surface area contributed by atoms with E-state index >= 15 is 0 Å². The molecule has 0 spiro atoms. The molecule has 0 aliphatic rings. The van der Waals surface area contributed by atoms with Crippen LogP contribution in [0, 0.1) is 13.8 Å². The first-order chi connectivity index (χ1) is 9.25. The molecule has 20 heavy (non-hydrogen) atoms. The van der Waals surface area contributed by atoms with Crippen molar-refractivity contribution in [2.24, 2.45) is 7.05 Å². The number of nitrogens with zero attached hydrogens (tertiary/aromatic N) is 2. The number of hydrogen-bond acceptors (Lipinski definition) is 3. The van der Waals surface area contributed by atoms with Crippen LogP contribution in [-0.4, -0.2) is 17.5 Å². The first-order valence-electron chi connectivity index (χ1n) is 5.94. The third-order valence-corrected chi connectivity index (χ3v) is 3.69. The van der Waals surface area contributed by atoms with Gasteiger partial charge in [-0.25, -0.2) is 17.6 Å². The first-order valence-corrected chi connectivity index (χ1v) is 7.34. The molecule has 1 heterocycles. The average Bonchev–Trinajstić information content (AvgIpc) is 2.70. The summed E-state index contributed by atoms with van der Waals surface area (Å²) in [5, 5.41) is 0. The molecule has 0 aliphatic heterocycles. The van der Waals surface area contributed by atoms with Crippen LogP contribution >= 0.6 is 0 Å². The van der Waals surface area contributed by atoms with Gasteiger partial charge in [0.25, 0.3) is 5.82 Å². The third kappa shape index (κ3) is 4.32. The molecule has 0 unspecified atom stereocenters. The quantitative estimate of drug-likeness (QED) is 0.624. The fourth-order valence-corrected chi connectivity index (χ4v) is 1.94. The standard InChI is InChI=1S/C7H11N2.C7H8O3S/c1-4-9-6-5-8(3)7(9)2;1-6-2-4-7(5-3-6)11(8,9)10/h4-6H,1H2,2-3H3;2-5H,1H3,(H,8,9,10)/q+1;/p-1. The van der Waals surface area contributed by atoms with Gasteiger partial charge >= 0.3 is 0 Å². The van der Waals surface area contributed by atoms with E-state index in [0.717, 1.165) is 5.56 Å². The molecule has 0 N–H and O–H groups in total. The van der Waals surface area contributed by atoms with E-state index < -0.39 is 10.1 Å². The largest absolute Gasteiger partial charge is 0.744 e. The van der Waals surface area contributed by atoms with Gasteiger partial charge in [0, 0.05) is 6.92 Å². The van der Waals surface area contributed by atoms with E-state index in [0.29, 0.717) is 0 Å². The maximum atomic E-state index is 10.4. The summed E-state index contributed by atoms with van der Waals surface area (Å²) in [7, 11) is -2.26. The molecule has 0 amide bonds. The normalized spacial score (nSPS) is 10.6. The molecule has 5 nitrogen and oxygen atoms in total. The highest BCUT2D eigenvalue weighted by molar-refractivity contribution is 7.85. The predicted octanol–water partition coefficient (Wildman–Crippen LogP) is 1.62. The molecule has 2 rings (SSSR count). The van der Waals surface area contributed by atoms with E-state index in [2.05, 4.69) is 6.58 Å². The lowest BCUT2D eigenvalue weighted by molar-refractivity contribution is -0.676. The summed E-state index contributed by atoms with van der Waals surface area (Å²) in [6.45, 7) is 7.52. The minimum atomic E-state index is -4.27. The Morgan fingerprint density at radius 1 is 1.25 bits per heavy atom. The van der Waals surface area contributed by atoms with Crippen molar-refractivity contribution in [3.05, 3.63) is 54.6 Å². The minimum absolute atomic E-state index is 0.178. The monoisotopic (exact) mass is 294 g/mol. The Hall–Kier alpha value is -1.92. The second-order valence-electron chi connectivity index (χ2n) is 4.31. The van der Waals surface area contributed by atoms with Crippen LogP contribution in [0.1, 0.15) is 11.4 Å². The predicted molar refractivity (Wildman–Crippen MR) is 75.9 cm³/mol. The van der Waals surface area contributed by atoms with Crippen LogP contribution in [0.25, 0.3) is 6.20 Å². The summed E-state index contributed by atoms with van der Waals surface area (Å²) < 4.78 is 35.2. The SMILES string of the molecule is C=Cn1cc[n+](C)c1C.Cc1ccc(S(=O)(=O)[O-])cc1. The summed E-state index contributed by atoms with van der Waals surface area (Å²) in [6, 6.07) is 5.78. The van der Waals surface area contributed by atoms with Crippen LogP contribution in [0.15, 0.2) is 48.1 Å². The zero-order valence-electron chi connectivity index (χ0n) is 11.8. The van der Waals surface area contributed by atoms with Gasteiger partial charge in [-0.15, -0.1) is 0 Å². The number of aryl methyl sites for hydroxylation is 2. The molecular weight excluding hydrogens is 276 g/mol. The van der Waals surface area contributed by atoms with Gasteiger partial charge in [0.2, 0.25) is 0 Å². The first kappa shape index (κ1) is 16.1. The highest BCUT2D eigenvalue weighted by Gasteiger charge is 2.02. The molecule has 0 saturated heterocycles. The van der Waals surface area contributed by atoms with Gasteiger partial charge in [0.1, 0.15) is 22.5 Å². The molecule has 0 fully saturated rings. The average molecular weight is 294 g/mol. The molecule has 108 valence electrons. The third-order valence-electron chi connectivity index (χ3n) is 2.84. The van der Waals surface area contributed by atoms with Gasteiger partial charge in [-0.05, 0) is 19.1 Å². The number of rotatable bonds is 2. The molecule has 6 heteroatoms. The van der Waals surface area contributed by atoms with Crippen LogP contribution < -0.4 is 4.57 Å². The zero-order chi connectivity index (χ0) is 15.3. The Morgan fingerprint density at radius 2 is 1.80 bits per heavy atom. The van der Waals surface area contributed by atoms with Crippen molar-refractivity contribution in [3.8, 4) is 0 Å². The van der Waals surface area contributed by atoms with Gasteiger partial charge in [-0.3, -0.25) is 0 Å². The molecule has 0 aliphatic carbocycles. The summed E-state index contributed by atoms with van der Waals surface area (Å²) >= 11 is 0. The Kier molecular flexibility index (Phi) is 5.24. The molecule has 2 aromatic rings. The van der Waals surface area contributed by atoms with E-state index in [4.69, 9.17) is 0 Å². The van der Waals surface area contributed by atoms with Crippen molar-refractivity contribution in [2.75, 3.05) is 0 Å². The maximum Gasteiger partial charge on any atom is 0.257 e. The van der Waals surface area contributed by atoms with Gasteiger partial charge in [-0.2, -0.15) is 0 Å². The van der Waals surface area contributed by atoms with E-state index in [-0.39, 0.29) is 4.90 Å². The van der Waals surface area contributed by atoms with Crippen molar-refractivity contribution in [1.29, 1.82) is 0 Å². The molecule has 1 aromatic heterocycles. The number of benzene rings is 1. The fraction of sp³-hybridized carbons (Fsp3) is 0.214. The maximum absolute atomic E-state index is 10.4. The van der Waals surface area contributed by atoms with Crippen LogP contribution in [0.2, 0.25) is 0 Å². The lowest BCUT2D eigenvalue weighted by Gasteiger charge is -2.05. The van der Waals surface area contributed by atoms with Gasteiger partial charge < -0.3 is 4.55 Å². The number of aromatic nitrogens is 2. The van der Waals surface area contributed by atoms with Crippen LogP contribution in [0.4, 0.5) is 0 Å². The number of hydrogen-bond donors (Lipinski definition) is 0. The summed E-state index contributed by atoms with van der Waals surface area (Å²) in [6.07, 6.45) is 5.76. The van der Waals surface area contributed by atoms with Crippen LogP contribution in [-0.2, 0) is 17.2 Å². The van der Waals surface area contributed by atoms with E-state index in [1.165, 1.54) is 18.0 Å². The van der Waals surface area contributed by atoms with Gasteiger partial charge in [0.05, 0.1) is 18.1 Å². The van der Waals surface area contributed by atoms with Crippen molar-refractivity contribution in [3.63, 3.8) is 0 Å². The Morgan fingerprint density at radius 3 is 2.10 bits per heavy atom. The number of imidazole rings is 1. The van der Waals surface area contributed by atoms with Crippen molar-refractivity contribution in [2.45, 2.75) is 18.7 Å². The van der Waals surface area contributed by atoms with Crippen molar-refractivity contribution in [1.82, 2.24) is 4.57 Å². The highest BCUT2D eigenvalue weighted by atomic mass is 32.2. The lowest BCUT2D eigenvalue weighted by Crippen LogP contribution is -2.28. The topological polar surface area (TPSA) is 66.0 Å². The molecule has 1 aromatic carbocycles. The molecule has 0 bridgehead atoms. The second kappa shape index (κ2) is 6.49. The minimum Gasteiger partial charge on any atom is -0.744 e. The summed E-state index contributed by atoms with van der Waals surface area (Å²) in [5.41, 5.74) is 0.928. The van der Waals surface area contributed by atoms with Crippen molar-refractivity contribution >= 4 is 16.3 Å². The fourth-order valence-electron chi connectivity index (χ4n) is 1.47. The Labute approximate surface area is 119 Å². The van der Waals surface area contributed by atoms with Crippen molar-refractivity contribution < 1.29 is 17.5 Å². The van der Waals surface area contributed by atoms with E-state index in [1.54, 1.807) is 18.3 Å². The molecular formula is C14H18N2O3S.